The molecule has 3 amide bonds. The Bertz CT molecular complexity index is 1080. The summed E-state index contributed by atoms with van der Waals surface area (Å²) in [5.41, 5.74) is 0.791. The fourth-order valence-electron chi connectivity index (χ4n) is 3.61. The number of amides is 3. The van der Waals surface area contributed by atoms with E-state index in [0.29, 0.717) is 42.6 Å². The monoisotopic (exact) mass is 473 g/mol. The molecule has 11 heteroatoms. The van der Waals surface area contributed by atoms with Gasteiger partial charge in [0.25, 0.3) is 11.6 Å². The number of nitrogens with one attached hydrogen (secondary N) is 1. The number of piperazine rings is 1. The van der Waals surface area contributed by atoms with Crippen molar-refractivity contribution in [2.45, 2.75) is 6.92 Å². The Labute approximate surface area is 195 Å². The second-order valence-electron chi connectivity index (χ2n) is 7.67. The molecule has 0 bridgehead atoms. The molecule has 0 unspecified atom stereocenters. The minimum atomic E-state index is -0.532. The van der Waals surface area contributed by atoms with Crippen LogP contribution in [0.4, 0.5) is 17.1 Å². The van der Waals surface area contributed by atoms with Crippen molar-refractivity contribution < 1.29 is 19.3 Å². The molecule has 1 fully saturated rings. The van der Waals surface area contributed by atoms with E-state index in [1.165, 1.54) is 37.1 Å². The molecule has 1 N–H and O–H groups in total. The van der Waals surface area contributed by atoms with Crippen molar-refractivity contribution in [3.8, 4) is 0 Å². The van der Waals surface area contributed by atoms with Crippen LogP contribution in [0, 0.1) is 10.1 Å². The van der Waals surface area contributed by atoms with Crippen LogP contribution in [0.3, 0.4) is 0 Å². The van der Waals surface area contributed by atoms with E-state index >= 15 is 0 Å². The molecular weight excluding hydrogens is 450 g/mol. The third kappa shape index (κ3) is 5.98. The number of anilines is 2. The molecule has 3 rings (SSSR count). The SMILES string of the molecule is CC(=O)N1CCN(c2ccc(C(=O)N(C)CC(=O)Nc3cccc(Cl)c3)cc2[N+](=O)[O-])CC1. The lowest BCUT2D eigenvalue weighted by Gasteiger charge is -2.35. The fraction of sp³-hybridized carbons (Fsp3) is 0.318. The minimum Gasteiger partial charge on any atom is -0.362 e. The summed E-state index contributed by atoms with van der Waals surface area (Å²) in [6.45, 7) is 3.10. The number of hydrogen-bond donors (Lipinski definition) is 1. The molecule has 0 spiro atoms. The molecule has 2 aromatic rings. The molecular formula is C22H24ClN5O5. The maximum Gasteiger partial charge on any atom is 0.293 e. The summed E-state index contributed by atoms with van der Waals surface area (Å²) in [7, 11) is 1.45. The average Bonchev–Trinajstić information content (AvgIpc) is 2.78. The number of carbonyl (C=O) groups excluding carboxylic acids is 3. The highest BCUT2D eigenvalue weighted by Crippen LogP contribution is 2.30. The van der Waals surface area contributed by atoms with E-state index in [2.05, 4.69) is 5.32 Å². The molecule has 1 heterocycles. The molecule has 2 aromatic carbocycles. The topological polar surface area (TPSA) is 116 Å². The van der Waals surface area contributed by atoms with Crippen molar-refractivity contribution in [2.75, 3.05) is 50.0 Å². The first-order valence-corrected chi connectivity index (χ1v) is 10.6. The minimum absolute atomic E-state index is 0.0347. The quantitative estimate of drug-likeness (QED) is 0.509. The van der Waals surface area contributed by atoms with Crippen LogP contribution in [0.15, 0.2) is 42.5 Å². The van der Waals surface area contributed by atoms with Gasteiger partial charge in [-0.25, -0.2) is 0 Å². The zero-order valence-corrected chi connectivity index (χ0v) is 19.0. The number of likely N-dealkylation sites (N-methyl/N-ethyl adjacent to an activating group) is 1. The summed E-state index contributed by atoms with van der Waals surface area (Å²) in [4.78, 5) is 52.5. The number of hydrogen-bond acceptors (Lipinski definition) is 6. The summed E-state index contributed by atoms with van der Waals surface area (Å²) >= 11 is 5.90. The van der Waals surface area contributed by atoms with Crippen LogP contribution >= 0.6 is 11.6 Å². The number of nitro groups is 1. The molecule has 1 aliphatic heterocycles. The Hall–Kier alpha value is -3.66. The van der Waals surface area contributed by atoms with Crippen LogP contribution in [-0.2, 0) is 9.59 Å². The largest absolute Gasteiger partial charge is 0.362 e. The number of nitrogens with zero attached hydrogens (tertiary/aromatic N) is 4. The van der Waals surface area contributed by atoms with Gasteiger partial charge < -0.3 is 20.0 Å². The second kappa shape index (κ2) is 10.3. The first kappa shape index (κ1) is 24.0. The van der Waals surface area contributed by atoms with Gasteiger partial charge in [-0.3, -0.25) is 24.5 Å². The zero-order chi connectivity index (χ0) is 24.1. The van der Waals surface area contributed by atoms with Gasteiger partial charge in [-0.05, 0) is 30.3 Å². The van der Waals surface area contributed by atoms with E-state index < -0.39 is 16.7 Å². The Kier molecular flexibility index (Phi) is 7.49. The van der Waals surface area contributed by atoms with Gasteiger partial charge in [0.05, 0.1) is 11.5 Å². The van der Waals surface area contributed by atoms with Crippen LogP contribution < -0.4 is 10.2 Å². The number of benzene rings is 2. The predicted octanol–water partition coefficient (Wildman–Crippen LogP) is 2.63. The van der Waals surface area contributed by atoms with E-state index in [1.807, 2.05) is 4.90 Å². The normalized spacial score (nSPS) is 13.4. The van der Waals surface area contributed by atoms with Crippen LogP contribution in [0.25, 0.3) is 0 Å². The first-order valence-electron chi connectivity index (χ1n) is 10.3. The van der Waals surface area contributed by atoms with Gasteiger partial charge in [0.2, 0.25) is 11.8 Å². The highest BCUT2D eigenvalue weighted by atomic mass is 35.5. The predicted molar refractivity (Wildman–Crippen MR) is 125 cm³/mol. The number of carbonyl (C=O) groups is 3. The van der Waals surface area contributed by atoms with Gasteiger partial charge in [-0.15, -0.1) is 0 Å². The van der Waals surface area contributed by atoms with Gasteiger partial charge in [-0.1, -0.05) is 17.7 Å². The third-order valence-corrected chi connectivity index (χ3v) is 5.56. The van der Waals surface area contributed by atoms with Crippen LogP contribution in [-0.4, -0.2) is 72.2 Å². The molecule has 1 aliphatic rings. The van der Waals surface area contributed by atoms with Crippen molar-refractivity contribution in [1.29, 1.82) is 0 Å². The maximum absolute atomic E-state index is 12.8. The molecule has 0 aliphatic carbocycles. The van der Waals surface area contributed by atoms with Crippen LogP contribution in [0.2, 0.25) is 5.02 Å². The van der Waals surface area contributed by atoms with Gasteiger partial charge in [0.15, 0.2) is 0 Å². The summed E-state index contributed by atoms with van der Waals surface area (Å²) in [6, 6.07) is 10.9. The summed E-state index contributed by atoms with van der Waals surface area (Å²) in [5.74, 6) is -0.984. The number of rotatable bonds is 6. The Morgan fingerprint density at radius 2 is 1.82 bits per heavy atom. The Morgan fingerprint density at radius 3 is 2.42 bits per heavy atom. The molecule has 33 heavy (non-hydrogen) atoms. The van der Waals surface area contributed by atoms with Gasteiger partial charge in [0.1, 0.15) is 5.69 Å². The van der Waals surface area contributed by atoms with Crippen molar-refractivity contribution in [3.05, 3.63) is 63.2 Å². The highest BCUT2D eigenvalue weighted by Gasteiger charge is 2.26. The maximum atomic E-state index is 12.8. The van der Waals surface area contributed by atoms with Gasteiger partial charge in [0, 0.05) is 62.5 Å². The van der Waals surface area contributed by atoms with E-state index in [4.69, 9.17) is 11.6 Å². The van der Waals surface area contributed by atoms with Crippen LogP contribution in [0.5, 0.6) is 0 Å². The van der Waals surface area contributed by atoms with Gasteiger partial charge >= 0.3 is 0 Å². The summed E-state index contributed by atoms with van der Waals surface area (Å²) in [5, 5.41) is 14.8. The van der Waals surface area contributed by atoms with E-state index in [1.54, 1.807) is 29.2 Å². The average molecular weight is 474 g/mol. The van der Waals surface area contributed by atoms with Crippen molar-refractivity contribution >= 4 is 46.4 Å². The molecule has 1 saturated heterocycles. The van der Waals surface area contributed by atoms with E-state index in [0.717, 1.165) is 0 Å². The fourth-order valence-corrected chi connectivity index (χ4v) is 3.80. The molecule has 10 nitrogen and oxygen atoms in total. The van der Waals surface area contributed by atoms with Gasteiger partial charge in [-0.2, -0.15) is 0 Å². The van der Waals surface area contributed by atoms with Crippen molar-refractivity contribution in [1.82, 2.24) is 9.80 Å². The van der Waals surface area contributed by atoms with E-state index in [-0.39, 0.29) is 23.7 Å². The smallest absolute Gasteiger partial charge is 0.293 e. The lowest BCUT2D eigenvalue weighted by Crippen LogP contribution is -2.48. The standard InChI is InChI=1S/C22H24ClN5O5/c1-15(29)26-8-10-27(11-9-26)19-7-6-16(12-20(19)28(32)33)22(31)25(2)14-21(30)24-18-5-3-4-17(23)13-18/h3-7,12-13H,8-11,14H2,1-2H3,(H,24,30). The number of halogens is 1. The molecule has 0 saturated carbocycles. The molecule has 0 atom stereocenters. The van der Waals surface area contributed by atoms with E-state index in [9.17, 15) is 24.5 Å². The first-order chi connectivity index (χ1) is 15.7. The Morgan fingerprint density at radius 1 is 1.12 bits per heavy atom. The Balaban J connectivity index is 1.70. The lowest BCUT2D eigenvalue weighted by atomic mass is 10.1. The zero-order valence-electron chi connectivity index (χ0n) is 18.3. The third-order valence-electron chi connectivity index (χ3n) is 5.32. The second-order valence-corrected chi connectivity index (χ2v) is 8.11. The van der Waals surface area contributed by atoms with Crippen molar-refractivity contribution in [2.24, 2.45) is 0 Å². The summed E-state index contributed by atoms with van der Waals surface area (Å²) in [6.07, 6.45) is 0. The highest BCUT2D eigenvalue weighted by molar-refractivity contribution is 6.30. The molecule has 0 radical (unpaired) electrons. The van der Waals surface area contributed by atoms with Crippen molar-refractivity contribution in [3.63, 3.8) is 0 Å². The number of nitro benzene ring substituents is 1. The molecule has 174 valence electrons. The lowest BCUT2D eigenvalue weighted by molar-refractivity contribution is -0.384. The summed E-state index contributed by atoms with van der Waals surface area (Å²) < 4.78 is 0. The molecule has 0 aromatic heterocycles. The van der Waals surface area contributed by atoms with Crippen LogP contribution in [0.1, 0.15) is 17.3 Å².